The van der Waals surface area contributed by atoms with Gasteiger partial charge in [0.15, 0.2) is 11.5 Å². The highest BCUT2D eigenvalue weighted by Gasteiger charge is 2.20. The molecule has 1 aromatic carbocycles. The summed E-state index contributed by atoms with van der Waals surface area (Å²) in [6, 6.07) is 6.21. The Bertz CT molecular complexity index is 561. The summed E-state index contributed by atoms with van der Waals surface area (Å²) in [6.07, 6.45) is 3.38. The summed E-state index contributed by atoms with van der Waals surface area (Å²) in [5.41, 5.74) is 3.05. The largest absolute Gasteiger partial charge is 0.441 e. The topological polar surface area (TPSA) is 43.1 Å². The highest BCUT2D eigenvalue weighted by Crippen LogP contribution is 2.32. The zero-order chi connectivity index (χ0) is 11.8. The highest BCUT2D eigenvalue weighted by atomic mass is 16.3. The minimum absolute atomic E-state index is 0.401. The quantitative estimate of drug-likeness (QED) is 0.753. The van der Waals surface area contributed by atoms with Crippen molar-refractivity contribution in [1.29, 1.82) is 0 Å². The average Bonchev–Trinajstić information content (AvgIpc) is 2.69. The van der Waals surface area contributed by atoms with Crippen LogP contribution in [0.2, 0.25) is 0 Å². The zero-order valence-corrected chi connectivity index (χ0v) is 9.90. The van der Waals surface area contributed by atoms with Crippen molar-refractivity contribution in [3.63, 3.8) is 0 Å². The van der Waals surface area contributed by atoms with Crippen LogP contribution in [0, 0.1) is 6.92 Å². The first-order valence-corrected chi connectivity index (χ1v) is 6.11. The number of carbonyl (C=O) groups is 1. The molecule has 3 heteroatoms. The Morgan fingerprint density at radius 1 is 1.29 bits per heavy atom. The van der Waals surface area contributed by atoms with Crippen molar-refractivity contribution >= 4 is 16.9 Å². The van der Waals surface area contributed by atoms with Gasteiger partial charge in [-0.15, -0.1) is 0 Å². The third-order valence-electron chi connectivity index (χ3n) is 3.53. The van der Waals surface area contributed by atoms with Crippen molar-refractivity contribution in [1.82, 2.24) is 4.98 Å². The normalized spacial score (nSPS) is 17.8. The standard InChI is InChI=1S/C14H15NO2/c1-9-15-13-7-4-11(8-14(13)17-9)10-2-5-12(16)6-3-10/h4,7-8,10H,2-3,5-6H2,1H3. The van der Waals surface area contributed by atoms with E-state index in [1.165, 1.54) is 5.56 Å². The van der Waals surface area contributed by atoms with Crippen molar-refractivity contribution in [2.75, 3.05) is 0 Å². The molecule has 1 heterocycles. The van der Waals surface area contributed by atoms with Gasteiger partial charge in [0.05, 0.1) is 0 Å². The van der Waals surface area contributed by atoms with E-state index in [4.69, 9.17) is 4.42 Å². The molecule has 3 rings (SSSR count). The second-order valence-corrected chi connectivity index (χ2v) is 4.77. The van der Waals surface area contributed by atoms with Crippen molar-refractivity contribution in [3.05, 3.63) is 29.7 Å². The lowest BCUT2D eigenvalue weighted by Crippen LogP contribution is -2.12. The molecule has 17 heavy (non-hydrogen) atoms. The lowest BCUT2D eigenvalue weighted by molar-refractivity contribution is -0.120. The molecule has 88 valence electrons. The van der Waals surface area contributed by atoms with Crippen molar-refractivity contribution in [2.45, 2.75) is 38.5 Å². The fourth-order valence-electron chi connectivity index (χ4n) is 2.58. The van der Waals surface area contributed by atoms with Gasteiger partial charge in [-0.25, -0.2) is 4.98 Å². The molecule has 0 unspecified atom stereocenters. The first kappa shape index (κ1) is 10.5. The predicted octanol–water partition coefficient (Wildman–Crippen LogP) is 3.36. The molecule has 0 atom stereocenters. The number of carbonyl (C=O) groups excluding carboxylic acids is 1. The highest BCUT2D eigenvalue weighted by molar-refractivity contribution is 5.79. The van der Waals surface area contributed by atoms with Crippen LogP contribution in [0.1, 0.15) is 43.1 Å². The maximum atomic E-state index is 11.2. The van der Waals surface area contributed by atoms with Gasteiger partial charge in [0.1, 0.15) is 11.3 Å². The van der Waals surface area contributed by atoms with Crippen LogP contribution in [0.15, 0.2) is 22.6 Å². The number of rotatable bonds is 1. The molecule has 3 nitrogen and oxygen atoms in total. The van der Waals surface area contributed by atoms with Crippen LogP contribution in [0.25, 0.3) is 11.1 Å². The average molecular weight is 229 g/mol. The minimum Gasteiger partial charge on any atom is -0.441 e. The third kappa shape index (κ3) is 1.97. The second-order valence-electron chi connectivity index (χ2n) is 4.77. The zero-order valence-electron chi connectivity index (χ0n) is 9.90. The van der Waals surface area contributed by atoms with Crippen LogP contribution >= 0.6 is 0 Å². The number of hydrogen-bond acceptors (Lipinski definition) is 3. The third-order valence-corrected chi connectivity index (χ3v) is 3.53. The minimum atomic E-state index is 0.401. The molecule has 0 spiro atoms. The van der Waals surface area contributed by atoms with Crippen LogP contribution in [0.4, 0.5) is 0 Å². The van der Waals surface area contributed by atoms with Gasteiger partial charge >= 0.3 is 0 Å². The first-order chi connectivity index (χ1) is 8.22. The molecule has 1 saturated carbocycles. The smallest absolute Gasteiger partial charge is 0.192 e. The lowest BCUT2D eigenvalue weighted by atomic mass is 9.83. The van der Waals surface area contributed by atoms with Gasteiger partial charge in [-0.1, -0.05) is 6.07 Å². The monoisotopic (exact) mass is 229 g/mol. The van der Waals surface area contributed by atoms with Crippen LogP contribution in [0.5, 0.6) is 0 Å². The number of hydrogen-bond donors (Lipinski definition) is 0. The molecule has 0 radical (unpaired) electrons. The van der Waals surface area contributed by atoms with E-state index in [2.05, 4.69) is 17.1 Å². The molecule has 0 bridgehead atoms. The van der Waals surface area contributed by atoms with E-state index in [0.29, 0.717) is 17.6 Å². The maximum Gasteiger partial charge on any atom is 0.192 e. The Kier molecular flexibility index (Phi) is 2.46. The van der Waals surface area contributed by atoms with E-state index < -0.39 is 0 Å². The molecule has 0 aliphatic heterocycles. The molecular formula is C14H15NO2. The summed E-state index contributed by atoms with van der Waals surface area (Å²) in [6.45, 7) is 1.86. The number of aromatic nitrogens is 1. The van der Waals surface area contributed by atoms with Crippen LogP contribution in [0.3, 0.4) is 0 Å². The molecule has 1 aliphatic carbocycles. The van der Waals surface area contributed by atoms with E-state index in [-0.39, 0.29) is 0 Å². The van der Waals surface area contributed by atoms with Crippen molar-refractivity contribution in [3.8, 4) is 0 Å². The number of benzene rings is 1. The summed E-state index contributed by atoms with van der Waals surface area (Å²) in [7, 11) is 0. The van der Waals surface area contributed by atoms with E-state index in [1.54, 1.807) is 0 Å². The summed E-state index contributed by atoms with van der Waals surface area (Å²) in [5, 5.41) is 0. The van der Waals surface area contributed by atoms with Gasteiger partial charge in [0.2, 0.25) is 0 Å². The van der Waals surface area contributed by atoms with E-state index >= 15 is 0 Å². The van der Waals surface area contributed by atoms with E-state index in [1.807, 2.05) is 13.0 Å². The molecular weight excluding hydrogens is 214 g/mol. The number of Topliss-reactive ketones (excluding diaryl/α,β-unsaturated/α-hetero) is 1. The Balaban J connectivity index is 1.92. The van der Waals surface area contributed by atoms with Gasteiger partial charge in [0, 0.05) is 19.8 Å². The van der Waals surface area contributed by atoms with Gasteiger partial charge in [-0.2, -0.15) is 0 Å². The number of ketones is 1. The van der Waals surface area contributed by atoms with Crippen LogP contribution in [-0.2, 0) is 4.79 Å². The Hall–Kier alpha value is -1.64. The van der Waals surface area contributed by atoms with Crippen molar-refractivity contribution in [2.24, 2.45) is 0 Å². The van der Waals surface area contributed by atoms with Gasteiger partial charge in [-0.3, -0.25) is 4.79 Å². The van der Waals surface area contributed by atoms with E-state index in [0.717, 1.165) is 36.8 Å². The molecule has 0 N–H and O–H groups in total. The van der Waals surface area contributed by atoms with Gasteiger partial charge < -0.3 is 4.42 Å². The van der Waals surface area contributed by atoms with Crippen LogP contribution in [-0.4, -0.2) is 10.8 Å². The Morgan fingerprint density at radius 2 is 2.06 bits per heavy atom. The number of nitrogens with zero attached hydrogens (tertiary/aromatic N) is 1. The molecule has 1 aromatic heterocycles. The summed E-state index contributed by atoms with van der Waals surface area (Å²) in [4.78, 5) is 15.5. The Labute approximate surface area is 99.8 Å². The maximum absolute atomic E-state index is 11.2. The van der Waals surface area contributed by atoms with Crippen LogP contribution < -0.4 is 0 Å². The van der Waals surface area contributed by atoms with Crippen molar-refractivity contribution < 1.29 is 9.21 Å². The second kappa shape index (κ2) is 3.99. The molecule has 1 aliphatic rings. The lowest BCUT2D eigenvalue weighted by Gasteiger charge is -2.20. The number of aryl methyl sites for hydroxylation is 1. The Morgan fingerprint density at radius 3 is 2.82 bits per heavy atom. The molecule has 1 fully saturated rings. The fraction of sp³-hybridized carbons (Fsp3) is 0.429. The van der Waals surface area contributed by atoms with Gasteiger partial charge in [-0.05, 0) is 36.5 Å². The SMILES string of the molecule is Cc1nc2ccc(C3CCC(=O)CC3)cc2o1. The number of oxazole rings is 1. The van der Waals surface area contributed by atoms with Gasteiger partial charge in [0.25, 0.3) is 0 Å². The molecule has 0 saturated heterocycles. The molecule has 2 aromatic rings. The fourth-order valence-corrected chi connectivity index (χ4v) is 2.58. The first-order valence-electron chi connectivity index (χ1n) is 6.11. The molecule has 0 amide bonds. The predicted molar refractivity (Wildman–Crippen MR) is 65.0 cm³/mol. The number of fused-ring (bicyclic) bond motifs is 1. The summed E-state index contributed by atoms with van der Waals surface area (Å²) in [5.74, 6) is 1.61. The summed E-state index contributed by atoms with van der Waals surface area (Å²) >= 11 is 0. The van der Waals surface area contributed by atoms with E-state index in [9.17, 15) is 4.79 Å². The summed E-state index contributed by atoms with van der Waals surface area (Å²) < 4.78 is 5.54.